The minimum Gasteiger partial charge on any atom is -0.497 e. The SMILES string of the molecule is C=C(/C=C(\N=C(N)F)Oc1ccccc1)OC. The summed E-state index contributed by atoms with van der Waals surface area (Å²) >= 11 is 0. The molecular weight excluding hydrogens is 223 g/mol. The van der Waals surface area contributed by atoms with Crippen molar-refractivity contribution in [2.45, 2.75) is 0 Å². The molecule has 0 bridgehead atoms. The lowest BCUT2D eigenvalue weighted by molar-refractivity contribution is 0.304. The molecule has 0 radical (unpaired) electrons. The Balaban J connectivity index is 2.89. The van der Waals surface area contributed by atoms with Crippen LogP contribution in [0.3, 0.4) is 0 Å². The summed E-state index contributed by atoms with van der Waals surface area (Å²) in [6, 6.07) is 8.79. The molecule has 0 heterocycles. The molecule has 0 atom stereocenters. The van der Waals surface area contributed by atoms with Crippen LogP contribution in [0.4, 0.5) is 4.39 Å². The number of hydrogen-bond donors (Lipinski definition) is 1. The number of methoxy groups -OCH3 is 1. The fourth-order valence-electron chi connectivity index (χ4n) is 0.996. The average Bonchev–Trinajstić information content (AvgIpc) is 2.29. The van der Waals surface area contributed by atoms with Gasteiger partial charge in [-0.3, -0.25) is 0 Å². The monoisotopic (exact) mass is 236 g/mol. The molecule has 0 spiro atoms. The molecule has 0 saturated carbocycles. The van der Waals surface area contributed by atoms with Crippen molar-refractivity contribution in [3.63, 3.8) is 0 Å². The largest absolute Gasteiger partial charge is 0.497 e. The molecule has 5 heteroatoms. The Bertz CT molecular complexity index is 437. The van der Waals surface area contributed by atoms with Gasteiger partial charge in [-0.1, -0.05) is 24.8 Å². The first-order chi connectivity index (χ1) is 8.11. The number of amidine groups is 1. The molecule has 0 saturated heterocycles. The Morgan fingerprint density at radius 3 is 2.59 bits per heavy atom. The van der Waals surface area contributed by atoms with E-state index < -0.39 is 6.09 Å². The van der Waals surface area contributed by atoms with Gasteiger partial charge >= 0.3 is 0 Å². The highest BCUT2D eigenvalue weighted by molar-refractivity contribution is 5.71. The number of aliphatic imine (C=N–C) groups is 1. The molecule has 0 amide bonds. The minimum atomic E-state index is -1.10. The Morgan fingerprint density at radius 1 is 1.41 bits per heavy atom. The van der Waals surface area contributed by atoms with Crippen molar-refractivity contribution in [2.24, 2.45) is 10.7 Å². The third kappa shape index (κ3) is 4.83. The molecule has 4 nitrogen and oxygen atoms in total. The average molecular weight is 236 g/mol. The van der Waals surface area contributed by atoms with E-state index in [4.69, 9.17) is 15.2 Å². The first-order valence-corrected chi connectivity index (χ1v) is 4.79. The zero-order valence-corrected chi connectivity index (χ0v) is 9.39. The maximum absolute atomic E-state index is 12.5. The van der Waals surface area contributed by atoms with Crippen LogP contribution in [0.1, 0.15) is 0 Å². The quantitative estimate of drug-likeness (QED) is 0.281. The summed E-state index contributed by atoms with van der Waals surface area (Å²) in [6.07, 6.45) is 0.232. The summed E-state index contributed by atoms with van der Waals surface area (Å²) in [4.78, 5) is 3.39. The molecule has 0 aliphatic rings. The van der Waals surface area contributed by atoms with Crippen molar-refractivity contribution in [2.75, 3.05) is 7.11 Å². The zero-order valence-electron chi connectivity index (χ0n) is 9.39. The van der Waals surface area contributed by atoms with E-state index >= 15 is 0 Å². The molecule has 2 N–H and O–H groups in total. The fourth-order valence-corrected chi connectivity index (χ4v) is 0.996. The normalized spacial score (nSPS) is 12.1. The van der Waals surface area contributed by atoms with Crippen LogP contribution in [0.15, 0.2) is 59.6 Å². The van der Waals surface area contributed by atoms with Crippen LogP contribution in [0, 0.1) is 0 Å². The topological polar surface area (TPSA) is 56.8 Å². The number of hydrogen-bond acceptors (Lipinski definition) is 3. The van der Waals surface area contributed by atoms with Gasteiger partial charge in [0, 0.05) is 6.08 Å². The van der Waals surface area contributed by atoms with Gasteiger partial charge in [0.15, 0.2) is 0 Å². The number of benzene rings is 1. The number of nitrogens with two attached hydrogens (primary N) is 1. The van der Waals surface area contributed by atoms with E-state index in [2.05, 4.69) is 11.6 Å². The number of halogens is 1. The Hall–Kier alpha value is -2.30. The lowest BCUT2D eigenvalue weighted by Crippen LogP contribution is -2.06. The van der Waals surface area contributed by atoms with Gasteiger partial charge < -0.3 is 15.2 Å². The Kier molecular flexibility index (Phi) is 4.75. The zero-order chi connectivity index (χ0) is 12.7. The van der Waals surface area contributed by atoms with E-state index in [1.54, 1.807) is 24.3 Å². The van der Waals surface area contributed by atoms with E-state index in [1.807, 2.05) is 6.07 Å². The first-order valence-electron chi connectivity index (χ1n) is 4.79. The maximum Gasteiger partial charge on any atom is 0.283 e. The van der Waals surface area contributed by atoms with Gasteiger partial charge in [0.1, 0.15) is 11.5 Å². The molecule has 1 aromatic rings. The van der Waals surface area contributed by atoms with Crippen molar-refractivity contribution in [3.8, 4) is 5.75 Å². The van der Waals surface area contributed by atoms with Crippen LogP contribution in [0.5, 0.6) is 5.75 Å². The second-order valence-electron chi connectivity index (χ2n) is 3.00. The van der Waals surface area contributed by atoms with Gasteiger partial charge in [-0.25, -0.2) is 0 Å². The summed E-state index contributed by atoms with van der Waals surface area (Å²) in [5.41, 5.74) is 4.86. The molecule has 0 aromatic heterocycles. The van der Waals surface area contributed by atoms with Crippen LogP contribution in [0.25, 0.3) is 0 Å². The van der Waals surface area contributed by atoms with Crippen molar-refractivity contribution in [1.82, 2.24) is 0 Å². The second-order valence-corrected chi connectivity index (χ2v) is 3.00. The number of rotatable bonds is 5. The van der Waals surface area contributed by atoms with E-state index in [0.717, 1.165) is 0 Å². The number of allylic oxidation sites excluding steroid dienone is 1. The van der Waals surface area contributed by atoms with Gasteiger partial charge in [-0.15, -0.1) is 0 Å². The molecule has 1 aromatic carbocycles. The fraction of sp³-hybridized carbons (Fsp3) is 0.0833. The highest BCUT2D eigenvalue weighted by Crippen LogP contribution is 2.14. The number of para-hydroxylation sites is 1. The van der Waals surface area contributed by atoms with Crippen LogP contribution in [0.2, 0.25) is 0 Å². The number of ether oxygens (including phenoxy) is 2. The van der Waals surface area contributed by atoms with E-state index in [9.17, 15) is 4.39 Å². The molecule has 0 fully saturated rings. The van der Waals surface area contributed by atoms with Crippen molar-refractivity contribution in [1.29, 1.82) is 0 Å². The second kappa shape index (κ2) is 6.32. The first kappa shape index (κ1) is 12.8. The van der Waals surface area contributed by atoms with Gasteiger partial charge in [0.25, 0.3) is 6.09 Å². The van der Waals surface area contributed by atoms with Crippen LogP contribution >= 0.6 is 0 Å². The molecule has 90 valence electrons. The molecular formula is C12H13FN2O2. The summed E-state index contributed by atoms with van der Waals surface area (Å²) < 4.78 is 22.7. The minimum absolute atomic E-state index is 0.0388. The van der Waals surface area contributed by atoms with E-state index in [0.29, 0.717) is 5.75 Å². The summed E-state index contributed by atoms with van der Waals surface area (Å²) in [5, 5.41) is 0. The van der Waals surface area contributed by atoms with E-state index in [1.165, 1.54) is 13.2 Å². The number of nitrogens with zero attached hydrogens (tertiary/aromatic N) is 1. The Morgan fingerprint density at radius 2 is 2.06 bits per heavy atom. The predicted molar refractivity (Wildman–Crippen MR) is 64.0 cm³/mol. The molecule has 1 rings (SSSR count). The standard InChI is InChI=1S/C12H13FN2O2/c1-9(16-2)8-11(15-12(13)14)17-10-6-4-3-5-7-10/h3-8H,1H2,2H3,(H2,14,15)/b11-8+. The van der Waals surface area contributed by atoms with Crippen molar-refractivity contribution >= 4 is 6.09 Å². The van der Waals surface area contributed by atoms with Gasteiger partial charge in [0.05, 0.1) is 7.11 Å². The Labute approximate surface area is 98.9 Å². The summed E-state index contributed by atoms with van der Waals surface area (Å²) in [5.74, 6) is 0.747. The smallest absolute Gasteiger partial charge is 0.283 e. The molecule has 0 unspecified atom stereocenters. The van der Waals surface area contributed by atoms with Gasteiger partial charge in [0.2, 0.25) is 5.88 Å². The molecule has 17 heavy (non-hydrogen) atoms. The van der Waals surface area contributed by atoms with Crippen LogP contribution < -0.4 is 10.5 Å². The molecule has 0 aliphatic heterocycles. The van der Waals surface area contributed by atoms with Crippen molar-refractivity contribution < 1.29 is 13.9 Å². The highest BCUT2D eigenvalue weighted by atomic mass is 19.1. The van der Waals surface area contributed by atoms with Crippen LogP contribution in [-0.4, -0.2) is 13.2 Å². The van der Waals surface area contributed by atoms with Crippen LogP contribution in [-0.2, 0) is 4.74 Å². The van der Waals surface area contributed by atoms with Crippen molar-refractivity contribution in [3.05, 3.63) is 54.6 Å². The predicted octanol–water partition coefficient (Wildman–Crippen LogP) is 2.35. The van der Waals surface area contributed by atoms with E-state index in [-0.39, 0.29) is 11.6 Å². The highest BCUT2D eigenvalue weighted by Gasteiger charge is 2.01. The van der Waals surface area contributed by atoms with Gasteiger partial charge in [-0.05, 0) is 12.1 Å². The summed E-state index contributed by atoms with van der Waals surface area (Å²) in [6.45, 7) is 3.55. The lowest BCUT2D eigenvalue weighted by atomic mass is 10.3. The summed E-state index contributed by atoms with van der Waals surface area (Å²) in [7, 11) is 1.43. The maximum atomic E-state index is 12.5. The third-order valence-corrected chi connectivity index (χ3v) is 1.73. The lowest BCUT2D eigenvalue weighted by Gasteiger charge is -2.06. The third-order valence-electron chi connectivity index (χ3n) is 1.73. The molecule has 0 aliphatic carbocycles. The van der Waals surface area contributed by atoms with Gasteiger partial charge in [-0.2, -0.15) is 9.38 Å².